The van der Waals surface area contributed by atoms with Gasteiger partial charge in [-0.3, -0.25) is 10.1 Å². The van der Waals surface area contributed by atoms with Crippen LogP contribution < -0.4 is 10.6 Å². The maximum absolute atomic E-state index is 11.1. The fourth-order valence-corrected chi connectivity index (χ4v) is 2.28. The topological polar surface area (TPSA) is 81.6 Å². The van der Waals surface area contributed by atoms with E-state index in [2.05, 4.69) is 0 Å². The molecule has 19 heavy (non-hydrogen) atoms. The van der Waals surface area contributed by atoms with Crippen LogP contribution in [0.4, 0.5) is 11.4 Å². The maximum atomic E-state index is 11.1. The Kier molecular flexibility index (Phi) is 4.24. The Morgan fingerprint density at radius 1 is 1.63 bits per heavy atom. The summed E-state index contributed by atoms with van der Waals surface area (Å²) < 4.78 is 5.55. The summed E-state index contributed by atoms with van der Waals surface area (Å²) in [5.74, 6) is 0. The van der Waals surface area contributed by atoms with Crippen LogP contribution in [-0.2, 0) is 4.74 Å². The number of hydrogen-bond acceptors (Lipinski definition) is 5. The fourth-order valence-electron chi connectivity index (χ4n) is 2.12. The first kappa shape index (κ1) is 14.0. The Hall–Kier alpha value is -1.37. The number of nitrogens with two attached hydrogens (primary N) is 1. The third kappa shape index (κ3) is 3.15. The third-order valence-electron chi connectivity index (χ3n) is 3.15. The lowest BCUT2D eigenvalue weighted by atomic mass is 10.1. The van der Waals surface area contributed by atoms with Crippen molar-refractivity contribution in [1.29, 1.82) is 0 Å². The highest BCUT2D eigenvalue weighted by Crippen LogP contribution is 2.32. The van der Waals surface area contributed by atoms with E-state index in [1.165, 1.54) is 12.1 Å². The SMILES string of the molecule is CC(N)C1CN(c2cc(Cl)ccc2[N+](=O)[O-])CCO1. The maximum Gasteiger partial charge on any atom is 0.292 e. The molecule has 2 rings (SSSR count). The van der Waals surface area contributed by atoms with Gasteiger partial charge in [0, 0.05) is 30.2 Å². The van der Waals surface area contributed by atoms with E-state index >= 15 is 0 Å². The number of nitro benzene ring substituents is 1. The van der Waals surface area contributed by atoms with Crippen LogP contribution in [0.25, 0.3) is 0 Å². The molecule has 2 unspecified atom stereocenters. The van der Waals surface area contributed by atoms with Crippen molar-refractivity contribution in [2.75, 3.05) is 24.6 Å². The molecule has 2 atom stereocenters. The van der Waals surface area contributed by atoms with E-state index in [0.717, 1.165) is 0 Å². The molecule has 0 radical (unpaired) electrons. The number of nitrogens with zero attached hydrogens (tertiary/aromatic N) is 2. The number of hydrogen-bond donors (Lipinski definition) is 1. The van der Waals surface area contributed by atoms with Crippen LogP contribution in [0.5, 0.6) is 0 Å². The molecule has 6 nitrogen and oxygen atoms in total. The summed E-state index contributed by atoms with van der Waals surface area (Å²) in [6.45, 7) is 3.47. The summed E-state index contributed by atoms with van der Waals surface area (Å²) in [5.41, 5.74) is 6.39. The molecular formula is C12H16ClN3O3. The van der Waals surface area contributed by atoms with E-state index in [4.69, 9.17) is 22.1 Å². The standard InChI is InChI=1S/C12H16ClN3O3/c1-8(14)12-7-15(4-5-19-12)11-6-9(13)2-3-10(11)16(17)18/h2-3,6,8,12H,4-5,7,14H2,1H3. The van der Waals surface area contributed by atoms with E-state index in [0.29, 0.717) is 30.4 Å². The van der Waals surface area contributed by atoms with E-state index < -0.39 is 4.92 Å². The van der Waals surface area contributed by atoms with Gasteiger partial charge in [-0.2, -0.15) is 0 Å². The van der Waals surface area contributed by atoms with Gasteiger partial charge in [-0.05, 0) is 19.1 Å². The lowest BCUT2D eigenvalue weighted by Crippen LogP contribution is -2.49. The van der Waals surface area contributed by atoms with Crippen molar-refractivity contribution in [3.8, 4) is 0 Å². The van der Waals surface area contributed by atoms with Gasteiger partial charge in [0.25, 0.3) is 5.69 Å². The largest absolute Gasteiger partial charge is 0.373 e. The zero-order chi connectivity index (χ0) is 14.0. The van der Waals surface area contributed by atoms with Crippen molar-refractivity contribution in [3.05, 3.63) is 33.3 Å². The van der Waals surface area contributed by atoms with Gasteiger partial charge in [-0.1, -0.05) is 11.6 Å². The van der Waals surface area contributed by atoms with Crippen LogP contribution in [-0.4, -0.2) is 36.8 Å². The highest BCUT2D eigenvalue weighted by Gasteiger charge is 2.27. The van der Waals surface area contributed by atoms with Crippen LogP contribution in [0.2, 0.25) is 5.02 Å². The van der Waals surface area contributed by atoms with Gasteiger partial charge in [0.2, 0.25) is 0 Å². The predicted octanol–water partition coefficient (Wildman–Crippen LogP) is 1.80. The summed E-state index contributed by atoms with van der Waals surface area (Å²) >= 11 is 5.93. The van der Waals surface area contributed by atoms with Crippen molar-refractivity contribution < 1.29 is 9.66 Å². The number of anilines is 1. The molecule has 1 heterocycles. The Morgan fingerprint density at radius 3 is 3.00 bits per heavy atom. The number of halogens is 1. The van der Waals surface area contributed by atoms with Crippen molar-refractivity contribution in [2.24, 2.45) is 5.73 Å². The van der Waals surface area contributed by atoms with E-state index in [9.17, 15) is 10.1 Å². The molecule has 0 bridgehead atoms. The molecule has 1 aliphatic rings. The summed E-state index contributed by atoms with van der Waals surface area (Å²) in [5, 5.41) is 11.5. The number of rotatable bonds is 3. The molecule has 0 aliphatic carbocycles. The lowest BCUT2D eigenvalue weighted by Gasteiger charge is -2.35. The second-order valence-corrected chi connectivity index (χ2v) is 5.04. The molecule has 1 aliphatic heterocycles. The number of benzene rings is 1. The van der Waals surface area contributed by atoms with E-state index in [1.54, 1.807) is 6.07 Å². The average molecular weight is 286 g/mol. The molecule has 0 spiro atoms. The summed E-state index contributed by atoms with van der Waals surface area (Å²) in [7, 11) is 0. The Morgan fingerprint density at radius 2 is 2.37 bits per heavy atom. The van der Waals surface area contributed by atoms with Crippen LogP contribution >= 0.6 is 11.6 Å². The monoisotopic (exact) mass is 285 g/mol. The third-order valence-corrected chi connectivity index (χ3v) is 3.39. The molecule has 7 heteroatoms. The van der Waals surface area contributed by atoms with Crippen LogP contribution in [0.15, 0.2) is 18.2 Å². The average Bonchev–Trinajstić information content (AvgIpc) is 2.38. The first-order valence-corrected chi connectivity index (χ1v) is 6.43. The van der Waals surface area contributed by atoms with Crippen molar-refractivity contribution in [1.82, 2.24) is 0 Å². The zero-order valence-electron chi connectivity index (χ0n) is 10.6. The quantitative estimate of drug-likeness (QED) is 0.676. The van der Waals surface area contributed by atoms with Gasteiger partial charge in [-0.15, -0.1) is 0 Å². The predicted molar refractivity (Wildman–Crippen MR) is 73.7 cm³/mol. The highest BCUT2D eigenvalue weighted by molar-refractivity contribution is 6.31. The zero-order valence-corrected chi connectivity index (χ0v) is 11.3. The molecule has 0 amide bonds. The molecule has 0 aromatic heterocycles. The number of nitro groups is 1. The molecule has 2 N–H and O–H groups in total. The minimum Gasteiger partial charge on any atom is -0.373 e. The molecule has 1 fully saturated rings. The van der Waals surface area contributed by atoms with Crippen LogP contribution in [0.1, 0.15) is 6.92 Å². The summed E-state index contributed by atoms with van der Waals surface area (Å²) in [6.07, 6.45) is -0.132. The van der Waals surface area contributed by atoms with Crippen LogP contribution in [0, 0.1) is 10.1 Å². The molecule has 1 saturated heterocycles. The van der Waals surface area contributed by atoms with Gasteiger partial charge in [-0.25, -0.2) is 0 Å². The van der Waals surface area contributed by atoms with Crippen molar-refractivity contribution in [3.63, 3.8) is 0 Å². The van der Waals surface area contributed by atoms with E-state index in [-0.39, 0.29) is 17.8 Å². The van der Waals surface area contributed by atoms with Gasteiger partial charge in [0.15, 0.2) is 0 Å². The van der Waals surface area contributed by atoms with E-state index in [1.807, 2.05) is 11.8 Å². The second-order valence-electron chi connectivity index (χ2n) is 4.60. The molecule has 1 aromatic rings. The summed E-state index contributed by atoms with van der Waals surface area (Å²) in [4.78, 5) is 12.6. The van der Waals surface area contributed by atoms with Gasteiger partial charge in [0.1, 0.15) is 5.69 Å². The fraction of sp³-hybridized carbons (Fsp3) is 0.500. The first-order valence-electron chi connectivity index (χ1n) is 6.05. The molecule has 0 saturated carbocycles. The highest BCUT2D eigenvalue weighted by atomic mass is 35.5. The second kappa shape index (κ2) is 5.73. The minimum absolute atomic E-state index is 0.0507. The summed E-state index contributed by atoms with van der Waals surface area (Å²) in [6, 6.07) is 4.44. The first-order chi connectivity index (χ1) is 8.99. The molecule has 1 aromatic carbocycles. The molecular weight excluding hydrogens is 270 g/mol. The van der Waals surface area contributed by atoms with Crippen molar-refractivity contribution in [2.45, 2.75) is 19.1 Å². The Balaban J connectivity index is 2.30. The molecule has 104 valence electrons. The van der Waals surface area contributed by atoms with Gasteiger partial charge < -0.3 is 15.4 Å². The number of ether oxygens (including phenoxy) is 1. The normalized spacial score (nSPS) is 21.2. The number of morpholine rings is 1. The van der Waals surface area contributed by atoms with Gasteiger partial charge in [0.05, 0.1) is 17.6 Å². The Bertz CT molecular complexity index is 481. The van der Waals surface area contributed by atoms with Crippen LogP contribution in [0.3, 0.4) is 0 Å². The van der Waals surface area contributed by atoms with Gasteiger partial charge >= 0.3 is 0 Å². The Labute approximate surface area is 116 Å². The lowest BCUT2D eigenvalue weighted by molar-refractivity contribution is -0.384. The smallest absolute Gasteiger partial charge is 0.292 e. The minimum atomic E-state index is -0.401. The van der Waals surface area contributed by atoms with Crippen molar-refractivity contribution >= 4 is 23.0 Å².